The predicted molar refractivity (Wildman–Crippen MR) is 119 cm³/mol. The number of pyridine rings is 1. The molecule has 0 bridgehead atoms. The van der Waals surface area contributed by atoms with Gasteiger partial charge in [0.1, 0.15) is 18.3 Å². The Labute approximate surface area is 183 Å². The second-order valence-corrected chi connectivity index (χ2v) is 15.1. The van der Waals surface area contributed by atoms with Crippen LogP contribution in [0.1, 0.15) is 40.8 Å². The van der Waals surface area contributed by atoms with Gasteiger partial charge in [-0.2, -0.15) is 0 Å². The minimum atomic E-state index is -1.21. The molecule has 4 rings (SSSR count). The van der Waals surface area contributed by atoms with Gasteiger partial charge in [-0.3, -0.25) is 9.69 Å². The molecule has 31 heavy (non-hydrogen) atoms. The van der Waals surface area contributed by atoms with E-state index in [0.29, 0.717) is 38.3 Å². The summed E-state index contributed by atoms with van der Waals surface area (Å²) in [5, 5.41) is 0. The molecule has 0 N–H and O–H groups in total. The Bertz CT molecular complexity index is 996. The molecule has 3 heterocycles. The summed E-state index contributed by atoms with van der Waals surface area (Å²) in [5.41, 5.74) is 1.12. The molecule has 0 fully saturated rings. The van der Waals surface area contributed by atoms with Gasteiger partial charge >= 0.3 is 5.97 Å². The maximum atomic E-state index is 13.7. The van der Waals surface area contributed by atoms with Gasteiger partial charge in [0.15, 0.2) is 0 Å². The molecule has 0 aromatic carbocycles. The van der Waals surface area contributed by atoms with E-state index in [4.69, 9.17) is 13.9 Å². The van der Waals surface area contributed by atoms with Gasteiger partial charge in [-0.15, -0.1) is 0 Å². The van der Waals surface area contributed by atoms with Crippen LogP contribution in [-0.2, 0) is 32.5 Å². The smallest absolute Gasteiger partial charge is 0.374 e. The van der Waals surface area contributed by atoms with Crippen LogP contribution in [0.15, 0.2) is 28.8 Å². The topological polar surface area (TPSA) is 81.9 Å². The fraction of sp³-hybridized carbons (Fsp3) is 0.522. The molecule has 0 saturated carbocycles. The molecule has 7 nitrogen and oxygen atoms in total. The van der Waals surface area contributed by atoms with Crippen molar-refractivity contribution in [3.8, 4) is 0 Å². The Morgan fingerprint density at radius 1 is 1.35 bits per heavy atom. The summed E-state index contributed by atoms with van der Waals surface area (Å²) in [6, 6.07) is 6.63. The third kappa shape index (κ3) is 4.06. The lowest BCUT2D eigenvalue weighted by molar-refractivity contribution is -0.124. The average Bonchev–Trinajstić information content (AvgIpc) is 3.24. The van der Waals surface area contributed by atoms with Crippen molar-refractivity contribution in [2.75, 3.05) is 24.8 Å². The number of carbonyl (C=O) groups excluding carboxylic acids is 2. The second-order valence-electron chi connectivity index (χ2n) is 9.49. The number of esters is 1. The van der Waals surface area contributed by atoms with Crippen LogP contribution in [0, 0.1) is 0 Å². The third-order valence-electron chi connectivity index (χ3n) is 6.07. The van der Waals surface area contributed by atoms with Crippen LogP contribution >= 0.6 is 0 Å². The van der Waals surface area contributed by atoms with E-state index in [-0.39, 0.29) is 18.4 Å². The van der Waals surface area contributed by atoms with Gasteiger partial charge in [-0.05, 0) is 43.5 Å². The van der Waals surface area contributed by atoms with E-state index >= 15 is 0 Å². The zero-order chi connectivity index (χ0) is 22.2. The number of carbonyl (C=O) groups is 2. The lowest BCUT2D eigenvalue weighted by atomic mass is 9.70. The zero-order valence-electron chi connectivity index (χ0n) is 18.7. The molecule has 0 unspecified atom stereocenters. The first-order valence-electron chi connectivity index (χ1n) is 10.9. The number of furan rings is 1. The molecule has 1 atom stereocenters. The second kappa shape index (κ2) is 8.24. The number of rotatable bonds is 7. The highest BCUT2D eigenvalue weighted by Gasteiger charge is 2.53. The summed E-state index contributed by atoms with van der Waals surface area (Å²) in [6.07, 6.45) is 3.39. The van der Waals surface area contributed by atoms with Gasteiger partial charge in [0.25, 0.3) is 0 Å². The van der Waals surface area contributed by atoms with E-state index in [0.717, 1.165) is 22.9 Å². The standard InChI is InChI=1S/C23H30N2O5Si/c1-5-29-21(26)19-13-16-14-23(9-8-18(16)30-19)17-7-6-10-24-20(17)25(22(23)27)15-28-11-12-31(2,3)4/h6-7,10,13H,5,8-9,11-12,14-15H2,1-4H3/t23-/m0/s1. The highest BCUT2D eigenvalue weighted by Crippen LogP contribution is 2.48. The molecule has 2 aromatic heterocycles. The molecular formula is C23H30N2O5Si. The summed E-state index contributed by atoms with van der Waals surface area (Å²) in [4.78, 5) is 32.0. The molecule has 166 valence electrons. The minimum Gasteiger partial charge on any atom is -0.460 e. The fourth-order valence-corrected chi connectivity index (χ4v) is 5.15. The number of amides is 1. The Hall–Kier alpha value is -2.45. The van der Waals surface area contributed by atoms with Crippen LogP contribution in [0.4, 0.5) is 5.82 Å². The number of anilines is 1. The summed E-state index contributed by atoms with van der Waals surface area (Å²) >= 11 is 0. The van der Waals surface area contributed by atoms with Crippen molar-refractivity contribution >= 4 is 25.8 Å². The Morgan fingerprint density at radius 2 is 2.16 bits per heavy atom. The van der Waals surface area contributed by atoms with E-state index in [1.165, 1.54) is 0 Å². The van der Waals surface area contributed by atoms with Crippen molar-refractivity contribution in [1.82, 2.24) is 4.98 Å². The van der Waals surface area contributed by atoms with Crippen LogP contribution in [0.5, 0.6) is 0 Å². The fourth-order valence-electron chi connectivity index (χ4n) is 4.39. The maximum absolute atomic E-state index is 13.7. The van der Waals surface area contributed by atoms with Crippen molar-refractivity contribution in [1.29, 1.82) is 0 Å². The van der Waals surface area contributed by atoms with Gasteiger partial charge in [0.05, 0.1) is 12.0 Å². The molecule has 1 aliphatic carbocycles. The normalized spacial score (nSPS) is 20.1. The van der Waals surface area contributed by atoms with Gasteiger partial charge in [0.2, 0.25) is 11.7 Å². The Kier molecular flexibility index (Phi) is 5.78. The lowest BCUT2D eigenvalue weighted by Gasteiger charge is -2.31. The molecule has 1 aliphatic heterocycles. The van der Waals surface area contributed by atoms with Crippen LogP contribution in [0.25, 0.3) is 0 Å². The number of aromatic nitrogens is 1. The number of hydrogen-bond acceptors (Lipinski definition) is 6. The lowest BCUT2D eigenvalue weighted by Crippen LogP contribution is -2.44. The van der Waals surface area contributed by atoms with Crippen molar-refractivity contribution in [3.05, 3.63) is 47.0 Å². The van der Waals surface area contributed by atoms with Crippen molar-refractivity contribution in [2.45, 2.75) is 57.3 Å². The first-order chi connectivity index (χ1) is 14.7. The van der Waals surface area contributed by atoms with E-state index in [9.17, 15) is 9.59 Å². The zero-order valence-corrected chi connectivity index (χ0v) is 19.7. The highest BCUT2D eigenvalue weighted by atomic mass is 28.3. The summed E-state index contributed by atoms with van der Waals surface area (Å²) in [6.45, 7) is 9.81. The third-order valence-corrected chi connectivity index (χ3v) is 7.78. The first kappa shape index (κ1) is 21.8. The van der Waals surface area contributed by atoms with Crippen LogP contribution in [-0.4, -0.2) is 44.9 Å². The number of ether oxygens (including phenoxy) is 2. The SMILES string of the molecule is CCOC(=O)c1cc2c(o1)CC[C@@]1(C2)C(=O)N(COCC[Si](C)(C)C)c2ncccc21. The van der Waals surface area contributed by atoms with Crippen molar-refractivity contribution < 1.29 is 23.5 Å². The molecule has 1 spiro atoms. The highest BCUT2D eigenvalue weighted by molar-refractivity contribution is 6.76. The molecule has 2 aliphatic rings. The van der Waals surface area contributed by atoms with E-state index in [1.807, 2.05) is 12.1 Å². The number of nitrogens with zero attached hydrogens (tertiary/aromatic N) is 2. The molecular weight excluding hydrogens is 412 g/mol. The molecule has 1 amide bonds. The van der Waals surface area contributed by atoms with E-state index in [1.54, 1.807) is 24.1 Å². The number of aryl methyl sites for hydroxylation is 1. The van der Waals surface area contributed by atoms with Gasteiger partial charge < -0.3 is 13.9 Å². The van der Waals surface area contributed by atoms with Gasteiger partial charge in [-0.1, -0.05) is 25.7 Å². The summed E-state index contributed by atoms with van der Waals surface area (Å²) < 4.78 is 16.7. The van der Waals surface area contributed by atoms with Gasteiger partial charge in [0, 0.05) is 32.9 Å². The summed E-state index contributed by atoms with van der Waals surface area (Å²) in [5.74, 6) is 1.18. The maximum Gasteiger partial charge on any atom is 0.374 e. The van der Waals surface area contributed by atoms with Crippen LogP contribution in [0.3, 0.4) is 0 Å². The van der Waals surface area contributed by atoms with Crippen LogP contribution < -0.4 is 4.90 Å². The minimum absolute atomic E-state index is 0.0127. The van der Waals surface area contributed by atoms with E-state index in [2.05, 4.69) is 24.6 Å². The largest absolute Gasteiger partial charge is 0.460 e. The average molecular weight is 443 g/mol. The molecule has 0 radical (unpaired) electrons. The Morgan fingerprint density at radius 3 is 2.90 bits per heavy atom. The molecule has 0 saturated heterocycles. The first-order valence-corrected chi connectivity index (χ1v) is 14.6. The van der Waals surface area contributed by atoms with Gasteiger partial charge in [-0.25, -0.2) is 9.78 Å². The number of fused-ring (bicyclic) bond motifs is 3. The summed E-state index contributed by atoms with van der Waals surface area (Å²) in [7, 11) is -1.21. The Balaban J connectivity index is 1.58. The van der Waals surface area contributed by atoms with Crippen molar-refractivity contribution in [2.24, 2.45) is 0 Å². The monoisotopic (exact) mass is 442 g/mol. The predicted octanol–water partition coefficient (Wildman–Crippen LogP) is 3.94. The molecule has 2 aromatic rings. The number of hydrogen-bond donors (Lipinski definition) is 0. The van der Waals surface area contributed by atoms with Crippen LogP contribution in [0.2, 0.25) is 25.7 Å². The molecule has 8 heteroatoms. The van der Waals surface area contributed by atoms with E-state index < -0.39 is 19.5 Å². The quantitative estimate of drug-likeness (QED) is 0.367. The van der Waals surface area contributed by atoms with Crippen molar-refractivity contribution in [3.63, 3.8) is 0 Å².